The van der Waals surface area contributed by atoms with Crippen LogP contribution in [-0.2, 0) is 16.6 Å². The number of nitrogens with zero attached hydrogens (tertiary/aromatic N) is 3. The number of sulfonamides is 1. The molecular formula is C8H9ClN4O2S2. The van der Waals surface area contributed by atoms with Gasteiger partial charge in [0.2, 0.25) is 0 Å². The Kier molecular flexibility index (Phi) is 3.48. The zero-order chi connectivity index (χ0) is 12.5. The summed E-state index contributed by atoms with van der Waals surface area (Å²) in [7, 11) is -2.04. The van der Waals surface area contributed by atoms with Crippen LogP contribution in [0, 0.1) is 0 Å². The smallest absolute Gasteiger partial charge is 0.254 e. The van der Waals surface area contributed by atoms with E-state index in [2.05, 4.69) is 15.2 Å². The summed E-state index contributed by atoms with van der Waals surface area (Å²) in [5.74, 6) is 0. The zero-order valence-electron chi connectivity index (χ0n) is 8.79. The van der Waals surface area contributed by atoms with Crippen LogP contribution in [0.1, 0.15) is 5.56 Å². The van der Waals surface area contributed by atoms with Crippen LogP contribution in [0.15, 0.2) is 22.8 Å². The maximum absolute atomic E-state index is 12.1. The van der Waals surface area contributed by atoms with Gasteiger partial charge in [-0.25, -0.2) is 13.4 Å². The summed E-state index contributed by atoms with van der Waals surface area (Å²) in [5.41, 5.74) is 0.784. The van der Waals surface area contributed by atoms with E-state index in [1.807, 2.05) is 0 Å². The zero-order valence-corrected chi connectivity index (χ0v) is 11.2. The molecular weight excluding hydrogens is 284 g/mol. The summed E-state index contributed by atoms with van der Waals surface area (Å²) in [4.78, 5) is 3.72. The second-order valence-electron chi connectivity index (χ2n) is 3.30. The molecule has 0 atom stereocenters. The molecule has 2 aromatic rings. The van der Waals surface area contributed by atoms with Crippen LogP contribution in [0.4, 0.5) is 0 Å². The van der Waals surface area contributed by atoms with Gasteiger partial charge >= 0.3 is 0 Å². The number of thiazole rings is 1. The Labute approximate surface area is 107 Å². The van der Waals surface area contributed by atoms with Crippen molar-refractivity contribution in [1.82, 2.24) is 19.5 Å². The molecule has 0 amide bonds. The quantitative estimate of drug-likeness (QED) is 0.922. The molecule has 17 heavy (non-hydrogen) atoms. The largest absolute Gasteiger partial charge is 0.285 e. The SMILES string of the molecule is CN(Cc1cn[nH]c1)S(=O)(=O)c1cnc(Cl)s1. The standard InChI is InChI=1S/C8H9ClN4O2S2/c1-13(5-6-2-11-12-3-6)17(14,15)7-4-10-8(9)16-7/h2-4H,5H2,1H3,(H,11,12). The van der Waals surface area contributed by atoms with Crippen LogP contribution in [0.3, 0.4) is 0 Å². The highest BCUT2D eigenvalue weighted by atomic mass is 35.5. The van der Waals surface area contributed by atoms with Gasteiger partial charge in [-0.2, -0.15) is 9.40 Å². The highest BCUT2D eigenvalue weighted by molar-refractivity contribution is 7.91. The molecule has 0 aliphatic rings. The van der Waals surface area contributed by atoms with Gasteiger partial charge in [0.15, 0.2) is 8.68 Å². The van der Waals surface area contributed by atoms with Crippen molar-refractivity contribution in [2.75, 3.05) is 7.05 Å². The molecule has 6 nitrogen and oxygen atoms in total. The third kappa shape index (κ3) is 2.65. The Morgan fingerprint density at radius 2 is 2.29 bits per heavy atom. The molecule has 0 radical (unpaired) electrons. The summed E-state index contributed by atoms with van der Waals surface area (Å²) >= 11 is 6.56. The summed E-state index contributed by atoms with van der Waals surface area (Å²) in [6, 6.07) is 0. The summed E-state index contributed by atoms with van der Waals surface area (Å²) < 4.78 is 25.7. The van der Waals surface area contributed by atoms with E-state index in [1.165, 1.54) is 17.5 Å². The minimum absolute atomic E-state index is 0.133. The van der Waals surface area contributed by atoms with Crippen LogP contribution < -0.4 is 0 Å². The maximum atomic E-state index is 12.1. The van der Waals surface area contributed by atoms with Crippen molar-refractivity contribution in [3.63, 3.8) is 0 Å². The normalized spacial score (nSPS) is 12.2. The van der Waals surface area contributed by atoms with Gasteiger partial charge in [-0.15, -0.1) is 0 Å². The maximum Gasteiger partial charge on any atom is 0.254 e. The Balaban J connectivity index is 2.21. The Morgan fingerprint density at radius 3 is 2.82 bits per heavy atom. The molecule has 0 aliphatic carbocycles. The Hall–Kier alpha value is -0.960. The van der Waals surface area contributed by atoms with Crippen LogP contribution >= 0.6 is 22.9 Å². The molecule has 2 aromatic heterocycles. The number of rotatable bonds is 4. The second-order valence-corrected chi connectivity index (χ2v) is 7.18. The minimum atomic E-state index is -3.53. The molecule has 92 valence electrons. The number of halogens is 1. The number of H-pyrrole nitrogens is 1. The Morgan fingerprint density at radius 1 is 1.53 bits per heavy atom. The molecule has 9 heteroatoms. The Bertz CT molecular complexity index is 593. The molecule has 0 spiro atoms. The van der Waals surface area contributed by atoms with Gasteiger partial charge in [-0.1, -0.05) is 22.9 Å². The number of hydrogen-bond donors (Lipinski definition) is 1. The monoisotopic (exact) mass is 292 g/mol. The fourth-order valence-electron chi connectivity index (χ4n) is 1.22. The first kappa shape index (κ1) is 12.5. The fourth-order valence-corrected chi connectivity index (χ4v) is 3.88. The van der Waals surface area contributed by atoms with Crippen molar-refractivity contribution in [2.45, 2.75) is 10.8 Å². The molecule has 0 aliphatic heterocycles. The molecule has 0 saturated heterocycles. The fraction of sp³-hybridized carbons (Fsp3) is 0.250. The van der Waals surface area contributed by atoms with E-state index in [1.54, 1.807) is 12.4 Å². The first-order valence-electron chi connectivity index (χ1n) is 4.55. The van der Waals surface area contributed by atoms with Gasteiger partial charge in [-0.3, -0.25) is 5.10 Å². The third-order valence-electron chi connectivity index (χ3n) is 2.08. The lowest BCUT2D eigenvalue weighted by Gasteiger charge is -2.14. The first-order valence-corrected chi connectivity index (χ1v) is 7.19. The van der Waals surface area contributed by atoms with E-state index in [4.69, 9.17) is 11.6 Å². The highest BCUT2D eigenvalue weighted by Crippen LogP contribution is 2.25. The molecule has 0 bridgehead atoms. The molecule has 0 saturated carbocycles. The lowest BCUT2D eigenvalue weighted by molar-refractivity contribution is 0.468. The molecule has 1 N–H and O–H groups in total. The van der Waals surface area contributed by atoms with E-state index < -0.39 is 10.0 Å². The van der Waals surface area contributed by atoms with E-state index in [0.29, 0.717) is 0 Å². The van der Waals surface area contributed by atoms with Crippen LogP contribution in [-0.4, -0.2) is 35.0 Å². The molecule has 0 unspecified atom stereocenters. The molecule has 0 aromatic carbocycles. The van der Waals surface area contributed by atoms with Gasteiger partial charge < -0.3 is 0 Å². The number of aromatic nitrogens is 3. The van der Waals surface area contributed by atoms with Crippen LogP contribution in [0.25, 0.3) is 0 Å². The summed E-state index contributed by atoms with van der Waals surface area (Å²) in [6.45, 7) is 0.244. The molecule has 2 rings (SSSR count). The third-order valence-corrected chi connectivity index (χ3v) is 5.44. The topological polar surface area (TPSA) is 79.0 Å². The van der Waals surface area contributed by atoms with Gasteiger partial charge in [-0.05, 0) is 0 Å². The lowest BCUT2D eigenvalue weighted by atomic mass is 10.4. The first-order chi connectivity index (χ1) is 8.00. The summed E-state index contributed by atoms with van der Waals surface area (Å²) in [5, 5.41) is 6.38. The minimum Gasteiger partial charge on any atom is -0.285 e. The van der Waals surface area contributed by atoms with Gasteiger partial charge in [0.25, 0.3) is 10.0 Å². The summed E-state index contributed by atoms with van der Waals surface area (Å²) in [6.07, 6.45) is 4.48. The van der Waals surface area contributed by atoms with Crippen LogP contribution in [0.5, 0.6) is 0 Å². The van der Waals surface area contributed by atoms with Crippen molar-refractivity contribution >= 4 is 33.0 Å². The number of aromatic amines is 1. The van der Waals surface area contributed by atoms with Gasteiger partial charge in [0.1, 0.15) is 0 Å². The van der Waals surface area contributed by atoms with E-state index in [0.717, 1.165) is 16.9 Å². The van der Waals surface area contributed by atoms with E-state index in [9.17, 15) is 8.42 Å². The predicted octanol–water partition coefficient (Wildman–Crippen LogP) is 1.34. The average molecular weight is 293 g/mol. The lowest BCUT2D eigenvalue weighted by Crippen LogP contribution is -2.25. The van der Waals surface area contributed by atoms with Crippen molar-refractivity contribution in [3.8, 4) is 0 Å². The van der Waals surface area contributed by atoms with Crippen molar-refractivity contribution in [3.05, 3.63) is 28.6 Å². The van der Waals surface area contributed by atoms with Crippen molar-refractivity contribution < 1.29 is 8.42 Å². The number of nitrogens with one attached hydrogen (secondary N) is 1. The second kappa shape index (κ2) is 4.73. The van der Waals surface area contributed by atoms with E-state index >= 15 is 0 Å². The van der Waals surface area contributed by atoms with Gasteiger partial charge in [0.05, 0.1) is 12.4 Å². The molecule has 0 fully saturated rings. The van der Waals surface area contributed by atoms with Crippen molar-refractivity contribution in [1.29, 1.82) is 0 Å². The van der Waals surface area contributed by atoms with Crippen molar-refractivity contribution in [2.24, 2.45) is 0 Å². The van der Waals surface area contributed by atoms with Crippen LogP contribution in [0.2, 0.25) is 4.47 Å². The average Bonchev–Trinajstić information content (AvgIpc) is 2.89. The molecule has 2 heterocycles. The van der Waals surface area contributed by atoms with E-state index in [-0.39, 0.29) is 15.2 Å². The predicted molar refractivity (Wildman–Crippen MR) is 64.4 cm³/mol. The highest BCUT2D eigenvalue weighted by Gasteiger charge is 2.23. The number of hydrogen-bond acceptors (Lipinski definition) is 5. The van der Waals surface area contributed by atoms with Gasteiger partial charge in [0, 0.05) is 25.4 Å².